The molecule has 0 bridgehead atoms. The standard InChI is InChI=1S/C9H10INS/c10-6-1-2-7-8(11)3-4-12-9(7)5-6/h1-2,5,8H,3-4,11H2. The summed E-state index contributed by atoms with van der Waals surface area (Å²) in [5.41, 5.74) is 7.31. The van der Waals surface area contributed by atoms with Crippen molar-refractivity contribution >= 4 is 34.4 Å². The van der Waals surface area contributed by atoms with Crippen LogP contribution in [0.25, 0.3) is 0 Å². The summed E-state index contributed by atoms with van der Waals surface area (Å²) in [5, 5.41) is 0. The van der Waals surface area contributed by atoms with Gasteiger partial charge in [0.2, 0.25) is 0 Å². The summed E-state index contributed by atoms with van der Waals surface area (Å²) < 4.78 is 1.30. The van der Waals surface area contributed by atoms with Crippen LogP contribution < -0.4 is 5.73 Å². The van der Waals surface area contributed by atoms with E-state index in [1.807, 2.05) is 11.8 Å². The Morgan fingerprint density at radius 3 is 3.17 bits per heavy atom. The van der Waals surface area contributed by atoms with E-state index < -0.39 is 0 Å². The van der Waals surface area contributed by atoms with Gasteiger partial charge in [0.25, 0.3) is 0 Å². The van der Waals surface area contributed by atoms with Gasteiger partial charge < -0.3 is 5.73 Å². The molecule has 12 heavy (non-hydrogen) atoms. The fraction of sp³-hybridized carbons (Fsp3) is 0.333. The maximum absolute atomic E-state index is 5.98. The second-order valence-corrected chi connectivity index (χ2v) is 5.31. The normalized spacial score (nSPS) is 22.0. The number of halogens is 1. The van der Waals surface area contributed by atoms with Crippen molar-refractivity contribution in [3.63, 3.8) is 0 Å². The zero-order chi connectivity index (χ0) is 8.55. The summed E-state index contributed by atoms with van der Waals surface area (Å²) >= 11 is 4.26. The monoisotopic (exact) mass is 291 g/mol. The van der Waals surface area contributed by atoms with E-state index in [1.165, 1.54) is 14.0 Å². The Labute approximate surface area is 90.2 Å². The summed E-state index contributed by atoms with van der Waals surface area (Å²) in [6.45, 7) is 0. The third-order valence-electron chi connectivity index (χ3n) is 2.06. The third kappa shape index (κ3) is 1.63. The molecule has 64 valence electrons. The summed E-state index contributed by atoms with van der Waals surface area (Å²) in [7, 11) is 0. The smallest absolute Gasteiger partial charge is 0.0314 e. The van der Waals surface area contributed by atoms with E-state index in [-0.39, 0.29) is 6.04 Å². The molecule has 0 aliphatic carbocycles. The van der Waals surface area contributed by atoms with Crippen LogP contribution in [0, 0.1) is 3.57 Å². The van der Waals surface area contributed by atoms with Gasteiger partial charge in [-0.2, -0.15) is 0 Å². The number of hydrogen-bond donors (Lipinski definition) is 1. The fourth-order valence-corrected chi connectivity index (χ4v) is 3.28. The number of benzene rings is 1. The molecule has 1 aliphatic heterocycles. The van der Waals surface area contributed by atoms with Gasteiger partial charge in [-0.3, -0.25) is 0 Å². The van der Waals surface area contributed by atoms with Gasteiger partial charge in [0, 0.05) is 14.5 Å². The van der Waals surface area contributed by atoms with Crippen molar-refractivity contribution < 1.29 is 0 Å². The van der Waals surface area contributed by atoms with E-state index in [4.69, 9.17) is 5.73 Å². The average molecular weight is 291 g/mol. The lowest BCUT2D eigenvalue weighted by Gasteiger charge is -2.21. The van der Waals surface area contributed by atoms with Crippen LogP contribution in [0.4, 0.5) is 0 Å². The molecule has 0 spiro atoms. The molecule has 1 unspecified atom stereocenters. The van der Waals surface area contributed by atoms with Crippen molar-refractivity contribution in [3.8, 4) is 0 Å². The van der Waals surface area contributed by atoms with Crippen LogP contribution in [0.2, 0.25) is 0 Å². The molecular formula is C9H10INS. The summed E-state index contributed by atoms with van der Waals surface area (Å²) in [6, 6.07) is 6.77. The largest absolute Gasteiger partial charge is 0.324 e. The lowest BCUT2D eigenvalue weighted by molar-refractivity contribution is 0.680. The van der Waals surface area contributed by atoms with Gasteiger partial charge in [-0.25, -0.2) is 0 Å². The minimum Gasteiger partial charge on any atom is -0.324 e. The highest BCUT2D eigenvalue weighted by molar-refractivity contribution is 14.1. The van der Waals surface area contributed by atoms with Crippen LogP contribution in [0.1, 0.15) is 18.0 Å². The predicted octanol–water partition coefficient (Wildman–Crippen LogP) is 2.79. The molecule has 0 saturated heterocycles. The first-order chi connectivity index (χ1) is 5.77. The predicted molar refractivity (Wildman–Crippen MR) is 61.4 cm³/mol. The Balaban J connectivity index is 2.46. The second kappa shape index (κ2) is 3.55. The van der Waals surface area contributed by atoms with Crippen LogP contribution in [0.5, 0.6) is 0 Å². The van der Waals surface area contributed by atoms with Crippen molar-refractivity contribution in [2.24, 2.45) is 5.73 Å². The van der Waals surface area contributed by atoms with E-state index >= 15 is 0 Å². The maximum atomic E-state index is 5.98. The van der Waals surface area contributed by atoms with Gasteiger partial charge in [-0.15, -0.1) is 11.8 Å². The van der Waals surface area contributed by atoms with Gasteiger partial charge in [0.1, 0.15) is 0 Å². The molecule has 0 radical (unpaired) electrons. The highest BCUT2D eigenvalue weighted by Gasteiger charge is 2.16. The molecule has 0 amide bonds. The number of thioether (sulfide) groups is 1. The number of hydrogen-bond acceptors (Lipinski definition) is 2. The molecule has 1 aromatic rings. The molecule has 1 atom stereocenters. The van der Waals surface area contributed by atoms with E-state index in [9.17, 15) is 0 Å². The SMILES string of the molecule is NC1CCSc2cc(I)ccc21. The molecular weight excluding hydrogens is 281 g/mol. The molecule has 2 N–H and O–H groups in total. The number of nitrogens with two attached hydrogens (primary N) is 1. The summed E-state index contributed by atoms with van der Waals surface area (Å²) in [6.07, 6.45) is 1.11. The Hall–Kier alpha value is 0.260. The zero-order valence-corrected chi connectivity index (χ0v) is 9.56. The van der Waals surface area contributed by atoms with Gasteiger partial charge in [-0.05, 0) is 52.5 Å². The molecule has 2 rings (SSSR count). The minimum absolute atomic E-state index is 0.262. The minimum atomic E-state index is 0.262. The number of fused-ring (bicyclic) bond motifs is 1. The van der Waals surface area contributed by atoms with Crippen molar-refractivity contribution in [1.29, 1.82) is 0 Å². The lowest BCUT2D eigenvalue weighted by Crippen LogP contribution is -2.15. The van der Waals surface area contributed by atoms with Crippen LogP contribution in [0.3, 0.4) is 0 Å². The van der Waals surface area contributed by atoms with Crippen molar-refractivity contribution in [2.45, 2.75) is 17.4 Å². The number of rotatable bonds is 0. The highest BCUT2D eigenvalue weighted by atomic mass is 127. The molecule has 1 aromatic carbocycles. The fourth-order valence-electron chi connectivity index (χ4n) is 1.39. The topological polar surface area (TPSA) is 26.0 Å². The highest BCUT2D eigenvalue weighted by Crippen LogP contribution is 2.35. The van der Waals surface area contributed by atoms with Crippen LogP contribution in [-0.4, -0.2) is 5.75 Å². The molecule has 0 aromatic heterocycles. The Kier molecular flexibility index (Phi) is 2.62. The molecule has 0 saturated carbocycles. The zero-order valence-electron chi connectivity index (χ0n) is 6.59. The van der Waals surface area contributed by atoms with Crippen molar-refractivity contribution in [1.82, 2.24) is 0 Å². The van der Waals surface area contributed by atoms with Crippen LogP contribution >= 0.6 is 34.4 Å². The van der Waals surface area contributed by atoms with Crippen molar-refractivity contribution in [2.75, 3.05) is 5.75 Å². The Morgan fingerprint density at radius 1 is 1.50 bits per heavy atom. The molecule has 1 nitrogen and oxygen atoms in total. The van der Waals surface area contributed by atoms with Crippen LogP contribution in [-0.2, 0) is 0 Å². The second-order valence-electron chi connectivity index (χ2n) is 2.93. The van der Waals surface area contributed by atoms with Gasteiger partial charge in [0.15, 0.2) is 0 Å². The molecule has 0 fully saturated rings. The average Bonchev–Trinajstić information content (AvgIpc) is 2.04. The van der Waals surface area contributed by atoms with E-state index in [2.05, 4.69) is 40.8 Å². The van der Waals surface area contributed by atoms with E-state index in [1.54, 1.807) is 0 Å². The molecule has 1 aliphatic rings. The molecule has 1 heterocycles. The van der Waals surface area contributed by atoms with Gasteiger partial charge >= 0.3 is 0 Å². The van der Waals surface area contributed by atoms with Gasteiger partial charge in [0.05, 0.1) is 0 Å². The first kappa shape index (κ1) is 8.84. The van der Waals surface area contributed by atoms with Gasteiger partial charge in [-0.1, -0.05) is 6.07 Å². The van der Waals surface area contributed by atoms with E-state index in [0.29, 0.717) is 0 Å². The third-order valence-corrected chi connectivity index (χ3v) is 3.84. The Morgan fingerprint density at radius 2 is 2.33 bits per heavy atom. The summed E-state index contributed by atoms with van der Waals surface area (Å²) in [4.78, 5) is 1.38. The van der Waals surface area contributed by atoms with Crippen molar-refractivity contribution in [3.05, 3.63) is 27.3 Å². The lowest BCUT2D eigenvalue weighted by atomic mass is 10.1. The summed E-state index contributed by atoms with van der Waals surface area (Å²) in [5.74, 6) is 1.16. The quantitative estimate of drug-likeness (QED) is 0.744. The Bertz CT molecular complexity index is 301. The van der Waals surface area contributed by atoms with E-state index in [0.717, 1.165) is 12.2 Å². The molecule has 3 heteroatoms. The van der Waals surface area contributed by atoms with Crippen LogP contribution in [0.15, 0.2) is 23.1 Å². The first-order valence-electron chi connectivity index (χ1n) is 3.95. The maximum Gasteiger partial charge on any atom is 0.0314 e. The first-order valence-corrected chi connectivity index (χ1v) is 6.01.